The smallest absolute Gasteiger partial charge is 0.246 e. The van der Waals surface area contributed by atoms with Crippen molar-refractivity contribution < 1.29 is 27.1 Å². The summed E-state index contributed by atoms with van der Waals surface area (Å²) in [5, 5.41) is 5.02. The Labute approximate surface area is 292 Å². The normalized spacial score (nSPS) is 26.2. The van der Waals surface area contributed by atoms with Crippen LogP contribution in [0.3, 0.4) is 0 Å². The lowest BCUT2D eigenvalue weighted by molar-refractivity contribution is -0.126. The molecule has 15 heteroatoms. The van der Waals surface area contributed by atoms with E-state index < -0.39 is 22.1 Å². The van der Waals surface area contributed by atoms with Gasteiger partial charge in [0.25, 0.3) is 0 Å². The first-order valence-electron chi connectivity index (χ1n) is 17.5. The third-order valence-electron chi connectivity index (χ3n) is 10.4. The number of aromatic nitrogens is 4. The number of piperidine rings is 1. The van der Waals surface area contributed by atoms with Crippen LogP contribution in [-0.2, 0) is 24.1 Å². The monoisotopic (exact) mass is 708 g/mol. The number of halogens is 1. The number of ether oxygens (including phenoxy) is 2. The van der Waals surface area contributed by atoms with E-state index in [1.165, 1.54) is 12.3 Å². The van der Waals surface area contributed by atoms with Crippen molar-refractivity contribution in [1.82, 2.24) is 24.8 Å². The quantitative estimate of drug-likeness (QED) is 0.304. The Hall–Kier alpha value is -3.95. The summed E-state index contributed by atoms with van der Waals surface area (Å²) in [6.07, 6.45) is 10.0. The maximum absolute atomic E-state index is 15.3. The van der Waals surface area contributed by atoms with E-state index in [1.807, 2.05) is 29.0 Å². The zero-order valence-corrected chi connectivity index (χ0v) is 29.4. The van der Waals surface area contributed by atoms with Gasteiger partial charge in [0.15, 0.2) is 0 Å². The van der Waals surface area contributed by atoms with Crippen molar-refractivity contribution in [2.24, 2.45) is 5.92 Å². The number of anilines is 4. The summed E-state index contributed by atoms with van der Waals surface area (Å²) in [6.45, 7) is 8.96. The van der Waals surface area contributed by atoms with E-state index in [1.54, 1.807) is 18.5 Å². The Morgan fingerprint density at radius 2 is 1.92 bits per heavy atom. The highest BCUT2D eigenvalue weighted by Gasteiger charge is 2.39. The first-order valence-corrected chi connectivity index (χ1v) is 19.5. The van der Waals surface area contributed by atoms with Crippen molar-refractivity contribution in [2.45, 2.75) is 69.5 Å². The number of rotatable bonds is 10. The molecular weight excluding hydrogens is 664 g/mol. The fourth-order valence-electron chi connectivity index (χ4n) is 7.70. The molecular formula is C35H45FN8O5S. The number of alkyl halides is 1. The number of nitrogens with zero attached hydrogens (tertiary/aromatic N) is 7. The number of hydrogen-bond acceptors (Lipinski definition) is 12. The second kappa shape index (κ2) is 14.3. The van der Waals surface area contributed by atoms with Crippen LogP contribution in [0.2, 0.25) is 0 Å². The number of fused-ring (bicyclic) bond motifs is 1. The number of amides is 1. The molecule has 3 aromatic heterocycles. The highest BCUT2D eigenvalue weighted by atomic mass is 32.2. The van der Waals surface area contributed by atoms with Gasteiger partial charge in [-0.1, -0.05) is 6.58 Å². The molecule has 4 saturated heterocycles. The summed E-state index contributed by atoms with van der Waals surface area (Å²) in [6, 6.07) is 3.44. The van der Waals surface area contributed by atoms with Gasteiger partial charge in [0, 0.05) is 74.2 Å². The van der Waals surface area contributed by atoms with Gasteiger partial charge in [-0.05, 0) is 57.2 Å². The maximum atomic E-state index is 15.3. The van der Waals surface area contributed by atoms with Crippen LogP contribution in [0, 0.1) is 5.92 Å². The van der Waals surface area contributed by atoms with Gasteiger partial charge in [-0.15, -0.1) is 0 Å². The third-order valence-corrected chi connectivity index (χ3v) is 11.5. The number of carbonyl (C=O) groups excluding carboxylic acids is 1. The van der Waals surface area contributed by atoms with Crippen molar-refractivity contribution in [3.8, 4) is 0 Å². The van der Waals surface area contributed by atoms with Gasteiger partial charge in [-0.2, -0.15) is 4.98 Å². The summed E-state index contributed by atoms with van der Waals surface area (Å²) < 4.78 is 50.8. The van der Waals surface area contributed by atoms with Crippen LogP contribution in [0.4, 0.5) is 27.7 Å². The highest BCUT2D eigenvalue weighted by Crippen LogP contribution is 2.41. The first kappa shape index (κ1) is 34.5. The van der Waals surface area contributed by atoms with Crippen LogP contribution in [0.5, 0.6) is 0 Å². The molecule has 1 unspecified atom stereocenters. The minimum Gasteiger partial charge on any atom is -0.381 e. The zero-order valence-electron chi connectivity index (χ0n) is 28.6. The van der Waals surface area contributed by atoms with Gasteiger partial charge in [0.2, 0.25) is 11.9 Å². The lowest BCUT2D eigenvalue weighted by Crippen LogP contribution is -2.57. The van der Waals surface area contributed by atoms with E-state index >= 15 is 4.39 Å². The van der Waals surface area contributed by atoms with Crippen molar-refractivity contribution in [1.29, 1.82) is 0 Å². The number of hydrogen-bond donors (Lipinski definition) is 1. The first-order chi connectivity index (χ1) is 24.1. The van der Waals surface area contributed by atoms with Crippen LogP contribution >= 0.6 is 0 Å². The molecule has 4 aliphatic heterocycles. The molecule has 4 fully saturated rings. The predicted molar refractivity (Wildman–Crippen MR) is 189 cm³/mol. The summed E-state index contributed by atoms with van der Waals surface area (Å²) in [4.78, 5) is 37.5. The fourth-order valence-corrected chi connectivity index (χ4v) is 8.86. The molecule has 268 valence electrons. The van der Waals surface area contributed by atoms with E-state index in [9.17, 15) is 13.2 Å². The summed E-state index contributed by atoms with van der Waals surface area (Å²) in [7, 11) is -3.11. The minimum atomic E-state index is -3.11. The van der Waals surface area contributed by atoms with Crippen LogP contribution in [0.25, 0.3) is 10.8 Å². The van der Waals surface area contributed by atoms with Gasteiger partial charge >= 0.3 is 0 Å². The SMILES string of the molecule is C=CC(=O)N1CCCC1c1ncc(N2C[C@H](CS(C)(=O)=O)[C@H]2C)c2cnc(Nc3ccnc(N4CC[C@@H](OC5CCOCC5)[C@@H](F)C4)n3)cc12. The van der Waals surface area contributed by atoms with Crippen molar-refractivity contribution in [3.05, 3.63) is 49.1 Å². The molecule has 13 nitrogen and oxygen atoms in total. The Balaban J connectivity index is 1.13. The Morgan fingerprint density at radius 1 is 1.10 bits per heavy atom. The predicted octanol–water partition coefficient (Wildman–Crippen LogP) is 3.99. The molecule has 0 aromatic carbocycles. The Bertz CT molecular complexity index is 1840. The summed E-state index contributed by atoms with van der Waals surface area (Å²) >= 11 is 0. The number of likely N-dealkylation sites (tertiary alicyclic amines) is 1. The molecule has 1 amide bonds. The molecule has 3 aromatic rings. The largest absolute Gasteiger partial charge is 0.381 e. The maximum Gasteiger partial charge on any atom is 0.246 e. The number of nitrogens with one attached hydrogen (secondary N) is 1. The molecule has 0 spiro atoms. The average Bonchev–Trinajstić information content (AvgIpc) is 3.60. The van der Waals surface area contributed by atoms with Crippen LogP contribution in [0.15, 0.2) is 43.4 Å². The highest BCUT2D eigenvalue weighted by molar-refractivity contribution is 7.90. The fraction of sp³-hybridized carbons (Fsp3) is 0.571. The molecule has 7 heterocycles. The van der Waals surface area contributed by atoms with Crippen molar-refractivity contribution >= 4 is 49.8 Å². The van der Waals surface area contributed by atoms with Gasteiger partial charge in [-0.25, -0.2) is 22.8 Å². The molecule has 0 aliphatic carbocycles. The minimum absolute atomic E-state index is 0.00513. The lowest BCUT2D eigenvalue weighted by atomic mass is 9.90. The topological polar surface area (TPSA) is 143 Å². The molecule has 0 saturated carbocycles. The summed E-state index contributed by atoms with van der Waals surface area (Å²) in [5.41, 5.74) is 1.64. The summed E-state index contributed by atoms with van der Waals surface area (Å²) in [5.74, 6) is 1.48. The van der Waals surface area contributed by atoms with Gasteiger partial charge in [0.05, 0.1) is 48.1 Å². The number of sulfone groups is 1. The molecule has 50 heavy (non-hydrogen) atoms. The Morgan fingerprint density at radius 3 is 2.66 bits per heavy atom. The van der Waals surface area contributed by atoms with E-state index in [0.29, 0.717) is 56.9 Å². The van der Waals surface area contributed by atoms with E-state index in [4.69, 9.17) is 24.4 Å². The van der Waals surface area contributed by atoms with Gasteiger partial charge in [0.1, 0.15) is 27.6 Å². The molecule has 7 rings (SSSR count). The van der Waals surface area contributed by atoms with E-state index in [0.717, 1.165) is 47.8 Å². The van der Waals surface area contributed by atoms with Crippen LogP contribution in [0.1, 0.15) is 50.8 Å². The van der Waals surface area contributed by atoms with Crippen LogP contribution in [-0.4, -0.2) is 115 Å². The standard InChI is InChI=1S/C35H45FN8O5S/c1-4-33(45)43-12-5-6-28(43)34-25-16-32(38-17-26(25)29(18-39-34)44-19-23(22(44)2)21-50(3,46)47)40-31-7-11-37-35(41-31)42-13-8-30(27(36)20-42)49-24-9-14-48-15-10-24/h4,7,11,16-18,22-24,27-28,30H,1,5-6,8-10,12-15,19-21H2,2-3H3,(H,37,38,40,41)/t22-,23-,27+,28?,30-/m1/s1. The third kappa shape index (κ3) is 7.26. The molecule has 1 N–H and O–H groups in total. The molecule has 0 radical (unpaired) electrons. The van der Waals surface area contributed by atoms with Gasteiger partial charge < -0.3 is 29.5 Å². The molecule has 0 bridgehead atoms. The van der Waals surface area contributed by atoms with Crippen LogP contribution < -0.4 is 15.1 Å². The van der Waals surface area contributed by atoms with Crippen molar-refractivity contribution in [2.75, 3.05) is 66.5 Å². The molecule has 4 aliphatic rings. The second-order valence-corrected chi connectivity index (χ2v) is 16.1. The zero-order chi connectivity index (χ0) is 35.0. The van der Waals surface area contributed by atoms with E-state index in [2.05, 4.69) is 21.8 Å². The second-order valence-electron chi connectivity index (χ2n) is 13.9. The number of carbonyl (C=O) groups is 1. The number of pyridine rings is 2. The van der Waals surface area contributed by atoms with Gasteiger partial charge in [-0.3, -0.25) is 9.78 Å². The Kier molecular flexibility index (Phi) is 9.90. The van der Waals surface area contributed by atoms with Crippen molar-refractivity contribution in [3.63, 3.8) is 0 Å². The van der Waals surface area contributed by atoms with E-state index in [-0.39, 0.29) is 42.3 Å². The lowest BCUT2D eigenvalue weighted by Gasteiger charge is -2.48. The average molecular weight is 709 g/mol. The molecule has 5 atom stereocenters.